The molecule has 0 radical (unpaired) electrons. The van der Waals surface area contributed by atoms with Gasteiger partial charge in [0, 0.05) is 48.4 Å². The number of oxazole rings is 2. The second kappa shape index (κ2) is 11.6. The monoisotopic (exact) mass is 492 g/mol. The molecule has 4 aromatic rings. The SMILES string of the molecule is CC(=O)c1coc(-c2ccnc(F)c2)n1.CC(=O)c1cocn1.Fc1cc(Br)ccn1. The van der Waals surface area contributed by atoms with Gasteiger partial charge in [0.25, 0.3) is 0 Å². The van der Waals surface area contributed by atoms with Crippen LogP contribution in [0.3, 0.4) is 0 Å². The van der Waals surface area contributed by atoms with Crippen LogP contribution in [0.4, 0.5) is 8.78 Å². The largest absolute Gasteiger partial charge is 0.451 e. The van der Waals surface area contributed by atoms with E-state index in [9.17, 15) is 18.4 Å². The lowest BCUT2D eigenvalue weighted by atomic mass is 10.3. The molecule has 0 unspecified atom stereocenters. The predicted molar refractivity (Wildman–Crippen MR) is 108 cm³/mol. The van der Waals surface area contributed by atoms with Gasteiger partial charge in [-0.3, -0.25) is 9.59 Å². The second-order valence-corrected chi connectivity index (χ2v) is 6.60. The van der Waals surface area contributed by atoms with Gasteiger partial charge in [0.05, 0.1) is 0 Å². The van der Waals surface area contributed by atoms with Crippen molar-refractivity contribution in [2.24, 2.45) is 0 Å². The van der Waals surface area contributed by atoms with E-state index in [0.717, 1.165) is 0 Å². The summed E-state index contributed by atoms with van der Waals surface area (Å²) in [5.41, 5.74) is 1.06. The van der Waals surface area contributed by atoms with Crippen LogP contribution in [-0.2, 0) is 0 Å². The third-order valence-corrected chi connectivity index (χ3v) is 3.81. The Hall–Kier alpha value is -3.60. The fourth-order valence-electron chi connectivity index (χ4n) is 1.87. The number of hydrogen-bond acceptors (Lipinski definition) is 8. The molecular formula is C20H15BrF2N4O4. The third-order valence-electron chi connectivity index (χ3n) is 3.32. The van der Waals surface area contributed by atoms with Gasteiger partial charge in [-0.15, -0.1) is 0 Å². The summed E-state index contributed by atoms with van der Waals surface area (Å²) in [5, 5.41) is 0. The van der Waals surface area contributed by atoms with Gasteiger partial charge >= 0.3 is 0 Å². The number of ketones is 2. The molecule has 4 rings (SSSR count). The highest BCUT2D eigenvalue weighted by Crippen LogP contribution is 2.18. The summed E-state index contributed by atoms with van der Waals surface area (Å²) in [4.78, 5) is 35.6. The van der Waals surface area contributed by atoms with Crippen LogP contribution in [0.1, 0.15) is 34.8 Å². The number of halogens is 3. The molecule has 0 atom stereocenters. The maximum atomic E-state index is 12.8. The van der Waals surface area contributed by atoms with Gasteiger partial charge in [-0.2, -0.15) is 8.78 Å². The molecule has 0 bridgehead atoms. The van der Waals surface area contributed by atoms with E-state index >= 15 is 0 Å². The first kappa shape index (κ1) is 23.7. The van der Waals surface area contributed by atoms with Crippen molar-refractivity contribution in [3.05, 3.63) is 83.3 Å². The summed E-state index contributed by atoms with van der Waals surface area (Å²) in [7, 11) is 0. The maximum Gasteiger partial charge on any atom is 0.226 e. The number of Topliss-reactive ketones (excluding diaryl/α,β-unsaturated/α-hetero) is 2. The number of carbonyl (C=O) groups excluding carboxylic acids is 2. The molecule has 0 saturated carbocycles. The lowest BCUT2D eigenvalue weighted by Gasteiger charge is -1.93. The third kappa shape index (κ3) is 7.97. The highest BCUT2D eigenvalue weighted by atomic mass is 79.9. The summed E-state index contributed by atoms with van der Waals surface area (Å²) >= 11 is 3.08. The van der Waals surface area contributed by atoms with Crippen LogP contribution in [0.5, 0.6) is 0 Å². The highest BCUT2D eigenvalue weighted by molar-refractivity contribution is 9.10. The summed E-state index contributed by atoms with van der Waals surface area (Å²) < 4.78 is 35.1. The molecule has 31 heavy (non-hydrogen) atoms. The average Bonchev–Trinajstić information content (AvgIpc) is 3.41. The molecule has 0 fully saturated rings. The van der Waals surface area contributed by atoms with Gasteiger partial charge in [0.2, 0.25) is 17.8 Å². The minimum atomic E-state index is -0.616. The fraction of sp³-hybridized carbons (Fsp3) is 0.100. The molecule has 160 valence electrons. The predicted octanol–water partition coefficient (Wildman–Crippen LogP) is 4.94. The first-order chi connectivity index (χ1) is 14.8. The van der Waals surface area contributed by atoms with E-state index in [1.54, 1.807) is 12.1 Å². The quantitative estimate of drug-likeness (QED) is 0.292. The number of pyridine rings is 2. The van der Waals surface area contributed by atoms with Crippen molar-refractivity contribution in [3.63, 3.8) is 0 Å². The summed E-state index contributed by atoms with van der Waals surface area (Å²) in [5.74, 6) is -1.13. The highest BCUT2D eigenvalue weighted by Gasteiger charge is 2.10. The van der Waals surface area contributed by atoms with E-state index in [1.165, 1.54) is 57.3 Å². The van der Waals surface area contributed by atoms with E-state index in [1.807, 2.05) is 0 Å². The smallest absolute Gasteiger partial charge is 0.226 e. The standard InChI is InChI=1S/C10H7FN2O2.C5H3BrFN.C5H5NO2/c1-6(14)8-5-15-10(13-8)7-2-3-12-9(11)4-7;6-4-1-2-8-5(7)3-4;1-4(7)5-2-8-3-6-5/h2-5H,1H3;1-3H;2-3H,1H3. The molecule has 11 heteroatoms. The Morgan fingerprint density at radius 2 is 1.55 bits per heavy atom. The van der Waals surface area contributed by atoms with Crippen LogP contribution in [0.25, 0.3) is 11.5 Å². The first-order valence-electron chi connectivity index (χ1n) is 8.51. The fourth-order valence-corrected chi connectivity index (χ4v) is 2.18. The van der Waals surface area contributed by atoms with Crippen LogP contribution >= 0.6 is 15.9 Å². The van der Waals surface area contributed by atoms with E-state index in [0.29, 0.717) is 15.7 Å². The van der Waals surface area contributed by atoms with Crippen molar-refractivity contribution in [1.29, 1.82) is 0 Å². The van der Waals surface area contributed by atoms with Crippen molar-refractivity contribution in [3.8, 4) is 11.5 Å². The van der Waals surface area contributed by atoms with Crippen molar-refractivity contribution >= 4 is 27.5 Å². The van der Waals surface area contributed by atoms with Gasteiger partial charge in [-0.05, 0) is 12.1 Å². The molecule has 0 aliphatic rings. The summed E-state index contributed by atoms with van der Waals surface area (Å²) in [6, 6.07) is 5.72. The Kier molecular flexibility index (Phi) is 8.82. The van der Waals surface area contributed by atoms with Crippen LogP contribution in [0, 0.1) is 11.9 Å². The molecule has 0 N–H and O–H groups in total. The van der Waals surface area contributed by atoms with Gasteiger partial charge in [-0.1, -0.05) is 15.9 Å². The number of rotatable bonds is 3. The molecule has 8 nitrogen and oxygen atoms in total. The maximum absolute atomic E-state index is 12.8. The van der Waals surface area contributed by atoms with Crippen molar-refractivity contribution in [2.45, 2.75) is 13.8 Å². The van der Waals surface area contributed by atoms with Gasteiger partial charge < -0.3 is 8.83 Å². The zero-order valence-corrected chi connectivity index (χ0v) is 17.8. The van der Waals surface area contributed by atoms with Gasteiger partial charge in [0.15, 0.2) is 18.0 Å². The number of nitrogens with zero attached hydrogens (tertiary/aromatic N) is 4. The van der Waals surface area contributed by atoms with E-state index in [-0.39, 0.29) is 23.2 Å². The molecule has 0 aromatic carbocycles. The minimum absolute atomic E-state index is 0.0706. The second-order valence-electron chi connectivity index (χ2n) is 5.69. The zero-order valence-electron chi connectivity index (χ0n) is 16.3. The van der Waals surface area contributed by atoms with Gasteiger partial charge in [0.1, 0.15) is 23.9 Å². The summed E-state index contributed by atoms with van der Waals surface area (Å²) in [6.07, 6.45) is 6.51. The molecule has 0 aliphatic carbocycles. The molecular weight excluding hydrogens is 478 g/mol. The van der Waals surface area contributed by atoms with Crippen molar-refractivity contribution in [1.82, 2.24) is 19.9 Å². The van der Waals surface area contributed by atoms with E-state index in [2.05, 4.69) is 40.3 Å². The van der Waals surface area contributed by atoms with Crippen LogP contribution < -0.4 is 0 Å². The molecule has 0 saturated heterocycles. The van der Waals surface area contributed by atoms with E-state index < -0.39 is 11.9 Å². The lowest BCUT2D eigenvalue weighted by Crippen LogP contribution is -1.91. The number of carbonyl (C=O) groups is 2. The summed E-state index contributed by atoms with van der Waals surface area (Å²) in [6.45, 7) is 2.83. The molecule has 0 aliphatic heterocycles. The Morgan fingerprint density at radius 3 is 1.97 bits per heavy atom. The normalized spacial score (nSPS) is 9.71. The zero-order chi connectivity index (χ0) is 22.8. The van der Waals surface area contributed by atoms with Gasteiger partial charge in [-0.25, -0.2) is 19.9 Å². The van der Waals surface area contributed by atoms with Crippen LogP contribution in [-0.4, -0.2) is 31.5 Å². The topological polar surface area (TPSA) is 112 Å². The number of hydrogen-bond donors (Lipinski definition) is 0. The Labute approximate surface area is 183 Å². The van der Waals surface area contributed by atoms with Crippen molar-refractivity contribution < 1.29 is 27.2 Å². The average molecular weight is 493 g/mol. The molecule has 4 aromatic heterocycles. The van der Waals surface area contributed by atoms with Crippen LogP contribution in [0.2, 0.25) is 0 Å². The lowest BCUT2D eigenvalue weighted by molar-refractivity contribution is 0.1000. The number of aromatic nitrogens is 4. The molecule has 0 amide bonds. The van der Waals surface area contributed by atoms with Crippen molar-refractivity contribution in [2.75, 3.05) is 0 Å². The Balaban J connectivity index is 0.000000181. The molecule has 0 spiro atoms. The molecule has 4 heterocycles. The van der Waals surface area contributed by atoms with E-state index in [4.69, 9.17) is 4.42 Å². The Morgan fingerprint density at radius 1 is 0.903 bits per heavy atom. The Bertz CT molecular complexity index is 1130. The first-order valence-corrected chi connectivity index (χ1v) is 9.30. The van der Waals surface area contributed by atoms with Crippen LogP contribution in [0.15, 0.2) is 68.9 Å². The minimum Gasteiger partial charge on any atom is -0.451 e.